The smallest absolute Gasteiger partial charge is 0.334 e. The first-order valence-corrected chi connectivity index (χ1v) is 6.41. The molecule has 1 aromatic carbocycles. The van der Waals surface area contributed by atoms with E-state index < -0.39 is 17.8 Å². The van der Waals surface area contributed by atoms with Crippen LogP contribution in [0.2, 0.25) is 0 Å². The Morgan fingerprint density at radius 3 is 2.40 bits per heavy atom. The lowest BCUT2D eigenvalue weighted by Gasteiger charge is -2.14. The number of imide groups is 2. The SMILES string of the molecule is CCN1C(=O)C(=O)N(CCOc2cccc(C)c2)C1=O. The first kappa shape index (κ1) is 14.0. The number of rotatable bonds is 5. The highest BCUT2D eigenvalue weighted by molar-refractivity contribution is 6.44. The number of aryl methyl sites for hydroxylation is 1. The summed E-state index contributed by atoms with van der Waals surface area (Å²) in [4.78, 5) is 36.8. The van der Waals surface area contributed by atoms with E-state index in [1.807, 2.05) is 25.1 Å². The van der Waals surface area contributed by atoms with E-state index in [0.717, 1.165) is 15.4 Å². The van der Waals surface area contributed by atoms with Gasteiger partial charge in [-0.1, -0.05) is 12.1 Å². The highest BCUT2D eigenvalue weighted by Gasteiger charge is 2.43. The fourth-order valence-corrected chi connectivity index (χ4v) is 1.99. The first-order chi connectivity index (χ1) is 9.54. The molecule has 6 nitrogen and oxygen atoms in total. The standard InChI is InChI=1S/C14H16N2O4/c1-3-15-12(17)13(18)16(14(15)19)7-8-20-11-6-4-5-10(2)9-11/h4-6,9H,3,7-8H2,1-2H3. The van der Waals surface area contributed by atoms with Gasteiger partial charge in [-0.15, -0.1) is 0 Å². The maximum absolute atomic E-state index is 11.8. The van der Waals surface area contributed by atoms with Gasteiger partial charge in [-0.25, -0.2) is 4.79 Å². The highest BCUT2D eigenvalue weighted by Crippen LogP contribution is 2.14. The number of likely N-dealkylation sites (N-methyl/N-ethyl adjacent to an activating group) is 1. The van der Waals surface area contributed by atoms with E-state index in [0.29, 0.717) is 5.75 Å². The van der Waals surface area contributed by atoms with Crippen LogP contribution < -0.4 is 4.74 Å². The molecular formula is C14H16N2O4. The molecule has 2 rings (SSSR count). The minimum atomic E-state index is -0.787. The summed E-state index contributed by atoms with van der Waals surface area (Å²) >= 11 is 0. The van der Waals surface area contributed by atoms with Gasteiger partial charge >= 0.3 is 17.8 Å². The minimum Gasteiger partial charge on any atom is -0.492 e. The van der Waals surface area contributed by atoms with Crippen LogP contribution in [0, 0.1) is 6.92 Å². The van der Waals surface area contributed by atoms with Crippen LogP contribution in [0.3, 0.4) is 0 Å². The number of urea groups is 1. The Bertz CT molecular complexity index is 556. The summed E-state index contributed by atoms with van der Waals surface area (Å²) in [5, 5.41) is 0. The zero-order chi connectivity index (χ0) is 14.7. The van der Waals surface area contributed by atoms with Gasteiger partial charge in [-0.3, -0.25) is 19.4 Å². The molecule has 1 aromatic rings. The van der Waals surface area contributed by atoms with Gasteiger partial charge in [0.25, 0.3) is 0 Å². The van der Waals surface area contributed by atoms with Crippen LogP contribution >= 0.6 is 0 Å². The topological polar surface area (TPSA) is 66.9 Å². The van der Waals surface area contributed by atoms with E-state index in [1.165, 1.54) is 0 Å². The molecule has 0 aliphatic carbocycles. The van der Waals surface area contributed by atoms with Crippen molar-refractivity contribution in [3.8, 4) is 5.75 Å². The Kier molecular flexibility index (Phi) is 4.02. The van der Waals surface area contributed by atoms with Crippen molar-refractivity contribution >= 4 is 17.8 Å². The van der Waals surface area contributed by atoms with Crippen molar-refractivity contribution in [2.24, 2.45) is 0 Å². The molecule has 0 spiro atoms. The van der Waals surface area contributed by atoms with Crippen molar-refractivity contribution in [3.05, 3.63) is 29.8 Å². The zero-order valence-corrected chi connectivity index (χ0v) is 11.5. The Hall–Kier alpha value is -2.37. The lowest BCUT2D eigenvalue weighted by molar-refractivity contribution is -0.143. The molecular weight excluding hydrogens is 260 g/mol. The molecule has 1 aliphatic rings. The summed E-state index contributed by atoms with van der Waals surface area (Å²) in [5.74, 6) is -0.888. The van der Waals surface area contributed by atoms with Gasteiger partial charge in [-0.05, 0) is 31.5 Å². The third kappa shape index (κ3) is 2.64. The normalized spacial score (nSPS) is 15.2. The molecule has 0 aromatic heterocycles. The number of hydrogen-bond donors (Lipinski definition) is 0. The average Bonchev–Trinajstić information content (AvgIpc) is 2.62. The van der Waals surface area contributed by atoms with E-state index >= 15 is 0 Å². The molecule has 6 heteroatoms. The Morgan fingerprint density at radius 1 is 1.10 bits per heavy atom. The number of hydrogen-bond acceptors (Lipinski definition) is 4. The van der Waals surface area contributed by atoms with Gasteiger partial charge in [0.05, 0.1) is 6.54 Å². The van der Waals surface area contributed by atoms with Crippen molar-refractivity contribution < 1.29 is 19.1 Å². The van der Waals surface area contributed by atoms with Crippen LogP contribution in [0.5, 0.6) is 5.75 Å². The lowest BCUT2D eigenvalue weighted by atomic mass is 10.2. The summed E-state index contributed by atoms with van der Waals surface area (Å²) in [6.45, 7) is 4.01. The third-order valence-electron chi connectivity index (χ3n) is 3.02. The fraction of sp³-hybridized carbons (Fsp3) is 0.357. The average molecular weight is 276 g/mol. The molecule has 1 aliphatic heterocycles. The fourth-order valence-electron chi connectivity index (χ4n) is 1.99. The van der Waals surface area contributed by atoms with E-state index in [9.17, 15) is 14.4 Å². The number of carbonyl (C=O) groups excluding carboxylic acids is 3. The predicted octanol–water partition coefficient (Wildman–Crippen LogP) is 1.18. The number of benzene rings is 1. The molecule has 1 heterocycles. The first-order valence-electron chi connectivity index (χ1n) is 6.41. The molecule has 0 saturated carbocycles. The second-order valence-corrected chi connectivity index (χ2v) is 4.45. The van der Waals surface area contributed by atoms with Crippen LogP contribution in [0.4, 0.5) is 4.79 Å². The molecule has 0 N–H and O–H groups in total. The molecule has 4 amide bonds. The van der Waals surface area contributed by atoms with Crippen molar-refractivity contribution in [2.75, 3.05) is 19.7 Å². The van der Waals surface area contributed by atoms with Crippen molar-refractivity contribution in [1.82, 2.24) is 9.80 Å². The maximum atomic E-state index is 11.8. The number of carbonyl (C=O) groups is 3. The van der Waals surface area contributed by atoms with Crippen molar-refractivity contribution in [3.63, 3.8) is 0 Å². The molecule has 106 valence electrons. The summed E-state index contributed by atoms with van der Waals surface area (Å²) < 4.78 is 5.47. The van der Waals surface area contributed by atoms with Gasteiger partial charge in [0.1, 0.15) is 12.4 Å². The third-order valence-corrected chi connectivity index (χ3v) is 3.02. The largest absolute Gasteiger partial charge is 0.492 e. The van der Waals surface area contributed by atoms with Crippen molar-refractivity contribution in [2.45, 2.75) is 13.8 Å². The van der Waals surface area contributed by atoms with E-state index in [1.54, 1.807) is 13.0 Å². The molecule has 0 bridgehead atoms. The van der Waals surface area contributed by atoms with Crippen molar-refractivity contribution in [1.29, 1.82) is 0 Å². The van der Waals surface area contributed by atoms with Crippen LogP contribution in [-0.2, 0) is 9.59 Å². The molecule has 1 fully saturated rings. The van der Waals surface area contributed by atoms with E-state index in [4.69, 9.17) is 4.74 Å². The monoisotopic (exact) mass is 276 g/mol. The molecule has 0 radical (unpaired) electrons. The maximum Gasteiger partial charge on any atom is 0.334 e. The minimum absolute atomic E-state index is 0.0633. The Balaban J connectivity index is 1.93. The lowest BCUT2D eigenvalue weighted by Crippen LogP contribution is -2.35. The van der Waals surface area contributed by atoms with Gasteiger partial charge in [0, 0.05) is 6.54 Å². The van der Waals surface area contributed by atoms with Gasteiger partial charge in [0.15, 0.2) is 0 Å². The quantitative estimate of drug-likeness (QED) is 0.598. The molecule has 0 unspecified atom stereocenters. The van der Waals surface area contributed by atoms with E-state index in [-0.39, 0.29) is 19.7 Å². The molecule has 0 atom stereocenters. The molecule has 1 saturated heterocycles. The summed E-state index contributed by atoms with van der Waals surface area (Å²) in [7, 11) is 0. The van der Waals surface area contributed by atoms with Gasteiger partial charge < -0.3 is 4.74 Å². The molecule has 20 heavy (non-hydrogen) atoms. The summed E-state index contributed by atoms with van der Waals surface area (Å²) in [6.07, 6.45) is 0. The second-order valence-electron chi connectivity index (χ2n) is 4.45. The van der Waals surface area contributed by atoms with Gasteiger partial charge in [-0.2, -0.15) is 0 Å². The number of amides is 4. The van der Waals surface area contributed by atoms with Gasteiger partial charge in [0.2, 0.25) is 0 Å². The second kappa shape index (κ2) is 5.73. The van der Waals surface area contributed by atoms with Crippen LogP contribution in [0.25, 0.3) is 0 Å². The number of nitrogens with zero attached hydrogens (tertiary/aromatic N) is 2. The summed E-state index contributed by atoms with van der Waals surface area (Å²) in [6, 6.07) is 6.88. The highest BCUT2D eigenvalue weighted by atomic mass is 16.5. The van der Waals surface area contributed by atoms with Crippen LogP contribution in [0.15, 0.2) is 24.3 Å². The Labute approximate surface area is 116 Å². The van der Waals surface area contributed by atoms with Crippen LogP contribution in [-0.4, -0.2) is 47.3 Å². The zero-order valence-electron chi connectivity index (χ0n) is 11.5. The van der Waals surface area contributed by atoms with E-state index in [2.05, 4.69) is 0 Å². The van der Waals surface area contributed by atoms with Crippen LogP contribution in [0.1, 0.15) is 12.5 Å². The Morgan fingerprint density at radius 2 is 1.80 bits per heavy atom. The predicted molar refractivity (Wildman–Crippen MR) is 71.2 cm³/mol. The summed E-state index contributed by atoms with van der Waals surface area (Å²) in [5.41, 5.74) is 1.06. The number of ether oxygens (including phenoxy) is 1.